The molecule has 0 atom stereocenters. The normalized spacial score (nSPS) is 10.8. The molecule has 0 spiro atoms. The first-order valence-electron chi connectivity index (χ1n) is 8.75. The number of carbonyl (C=O) groups is 1. The van der Waals surface area contributed by atoms with Gasteiger partial charge >= 0.3 is 0 Å². The van der Waals surface area contributed by atoms with E-state index in [0.29, 0.717) is 22.5 Å². The second-order valence-corrected chi connectivity index (χ2v) is 6.12. The van der Waals surface area contributed by atoms with E-state index >= 15 is 0 Å². The highest BCUT2D eigenvalue weighted by molar-refractivity contribution is 5.99. The van der Waals surface area contributed by atoms with Gasteiger partial charge in [-0.2, -0.15) is 0 Å². The van der Waals surface area contributed by atoms with Gasteiger partial charge in [0.05, 0.1) is 17.0 Å². The Morgan fingerprint density at radius 3 is 2.18 bits per heavy atom. The molecule has 3 N–H and O–H groups in total. The van der Waals surface area contributed by atoms with Crippen molar-refractivity contribution in [3.63, 3.8) is 0 Å². The summed E-state index contributed by atoms with van der Waals surface area (Å²) in [5, 5.41) is 0. The van der Waals surface area contributed by atoms with Crippen molar-refractivity contribution in [2.45, 2.75) is 6.92 Å². The van der Waals surface area contributed by atoms with Crippen LogP contribution in [0.1, 0.15) is 28.5 Å². The van der Waals surface area contributed by atoms with Crippen molar-refractivity contribution in [2.24, 2.45) is 5.84 Å². The average Bonchev–Trinajstić information content (AvgIpc) is 2.73. The van der Waals surface area contributed by atoms with Gasteiger partial charge in [-0.05, 0) is 42.3 Å². The lowest BCUT2D eigenvalue weighted by atomic mass is 9.99. The van der Waals surface area contributed by atoms with Crippen molar-refractivity contribution >= 4 is 18.1 Å². The van der Waals surface area contributed by atoms with Gasteiger partial charge in [-0.15, -0.1) is 0 Å². The maximum Gasteiger partial charge on any atom is 0.265 e. The predicted octanol–water partition coefficient (Wildman–Crippen LogP) is 4.83. The van der Waals surface area contributed by atoms with E-state index in [1.807, 2.05) is 43.3 Å². The molecule has 0 unspecified atom stereocenters. The standard InChI is InChI=1S/C23H20FN3O/c1-3-5-21-19(4-2)20(23(28)27-25)14-22(26-21)17-8-6-15(7-9-17)16-10-12-18(24)13-11-16/h3-14H,2,25H2,1H3,(H,27,28)/b5-3-. The number of carbonyl (C=O) groups excluding carboxylic acids is 1. The number of halogens is 1. The summed E-state index contributed by atoms with van der Waals surface area (Å²) in [4.78, 5) is 16.9. The van der Waals surface area contributed by atoms with E-state index in [1.165, 1.54) is 12.1 Å². The van der Waals surface area contributed by atoms with Crippen molar-refractivity contribution in [3.05, 3.63) is 89.9 Å². The van der Waals surface area contributed by atoms with Crippen molar-refractivity contribution in [3.8, 4) is 22.4 Å². The summed E-state index contributed by atoms with van der Waals surface area (Å²) in [6.45, 7) is 5.66. The highest BCUT2D eigenvalue weighted by Crippen LogP contribution is 2.27. The van der Waals surface area contributed by atoms with Crippen LogP contribution in [0, 0.1) is 5.82 Å². The third-order valence-electron chi connectivity index (χ3n) is 4.35. The molecule has 1 amide bonds. The smallest absolute Gasteiger partial charge is 0.265 e. The minimum Gasteiger partial charge on any atom is -0.290 e. The van der Waals surface area contributed by atoms with Gasteiger partial charge in [0.1, 0.15) is 5.82 Å². The summed E-state index contributed by atoms with van der Waals surface area (Å²) in [6.07, 6.45) is 5.26. The van der Waals surface area contributed by atoms with E-state index in [4.69, 9.17) is 5.84 Å². The first kappa shape index (κ1) is 19.2. The van der Waals surface area contributed by atoms with Crippen LogP contribution in [0.25, 0.3) is 34.5 Å². The zero-order chi connectivity index (χ0) is 20.1. The molecule has 3 rings (SSSR count). The van der Waals surface area contributed by atoms with Gasteiger partial charge < -0.3 is 0 Å². The second kappa shape index (κ2) is 8.41. The molecule has 0 aliphatic carbocycles. The van der Waals surface area contributed by atoms with E-state index in [1.54, 1.807) is 24.3 Å². The fraction of sp³-hybridized carbons (Fsp3) is 0.0435. The fourth-order valence-electron chi connectivity index (χ4n) is 2.96. The van der Waals surface area contributed by atoms with Crippen LogP contribution in [0.3, 0.4) is 0 Å². The monoisotopic (exact) mass is 373 g/mol. The lowest BCUT2D eigenvalue weighted by molar-refractivity contribution is 0.0953. The molecule has 2 aromatic carbocycles. The van der Waals surface area contributed by atoms with Crippen molar-refractivity contribution in [1.29, 1.82) is 0 Å². The largest absolute Gasteiger partial charge is 0.290 e. The number of nitrogens with one attached hydrogen (secondary N) is 1. The highest BCUT2D eigenvalue weighted by atomic mass is 19.1. The van der Waals surface area contributed by atoms with Crippen LogP contribution >= 0.6 is 0 Å². The summed E-state index contributed by atoms with van der Waals surface area (Å²) in [5.41, 5.74) is 7.19. The Labute approximate surface area is 163 Å². The van der Waals surface area contributed by atoms with E-state index in [9.17, 15) is 9.18 Å². The lowest BCUT2D eigenvalue weighted by Gasteiger charge is -2.12. The van der Waals surface area contributed by atoms with E-state index < -0.39 is 5.91 Å². The first-order chi connectivity index (χ1) is 13.6. The number of nitrogen functional groups attached to an aromatic ring is 1. The van der Waals surface area contributed by atoms with Crippen LogP contribution in [0.5, 0.6) is 0 Å². The van der Waals surface area contributed by atoms with Crippen LogP contribution in [-0.2, 0) is 0 Å². The number of hydrogen-bond donors (Lipinski definition) is 2. The Kier molecular flexibility index (Phi) is 5.77. The van der Waals surface area contributed by atoms with Gasteiger partial charge in [-0.25, -0.2) is 15.2 Å². The van der Waals surface area contributed by atoms with E-state index in [0.717, 1.165) is 16.7 Å². The molecule has 1 aromatic heterocycles. The molecular formula is C23H20FN3O. The van der Waals surface area contributed by atoms with Gasteiger partial charge in [-0.1, -0.05) is 55.1 Å². The minimum absolute atomic E-state index is 0.269. The quantitative estimate of drug-likeness (QED) is 0.382. The average molecular weight is 373 g/mol. The Hall–Kier alpha value is -3.57. The fourth-order valence-corrected chi connectivity index (χ4v) is 2.96. The van der Waals surface area contributed by atoms with Crippen LogP contribution in [0.15, 0.2) is 67.3 Å². The van der Waals surface area contributed by atoms with Gasteiger partial charge in [0.2, 0.25) is 0 Å². The number of amides is 1. The third-order valence-corrected chi connectivity index (χ3v) is 4.35. The Morgan fingerprint density at radius 1 is 1.07 bits per heavy atom. The molecule has 0 fully saturated rings. The zero-order valence-corrected chi connectivity index (χ0v) is 15.4. The third kappa shape index (κ3) is 3.89. The molecular weight excluding hydrogens is 353 g/mol. The number of hydrazine groups is 1. The predicted molar refractivity (Wildman–Crippen MR) is 112 cm³/mol. The molecule has 0 saturated carbocycles. The first-order valence-corrected chi connectivity index (χ1v) is 8.75. The van der Waals surface area contributed by atoms with Gasteiger partial charge in [0, 0.05) is 11.1 Å². The molecule has 0 saturated heterocycles. The summed E-state index contributed by atoms with van der Waals surface area (Å²) in [5.74, 6) is 4.66. The number of pyridine rings is 1. The topological polar surface area (TPSA) is 68.0 Å². The van der Waals surface area contributed by atoms with Crippen molar-refractivity contribution in [1.82, 2.24) is 10.4 Å². The minimum atomic E-state index is -0.410. The lowest BCUT2D eigenvalue weighted by Crippen LogP contribution is -2.30. The summed E-state index contributed by atoms with van der Waals surface area (Å²) >= 11 is 0. The van der Waals surface area contributed by atoms with Crippen LogP contribution in [0.4, 0.5) is 4.39 Å². The molecule has 0 aliphatic heterocycles. The maximum absolute atomic E-state index is 13.1. The number of nitrogens with two attached hydrogens (primary N) is 1. The SMILES string of the molecule is C=Cc1c(C(=O)NN)cc(-c2ccc(-c3ccc(F)cc3)cc2)nc1/C=C\C. The molecule has 28 heavy (non-hydrogen) atoms. The molecule has 140 valence electrons. The number of benzene rings is 2. The molecule has 5 heteroatoms. The number of nitrogens with zero attached hydrogens (tertiary/aromatic N) is 1. The van der Waals surface area contributed by atoms with Crippen molar-refractivity contribution < 1.29 is 9.18 Å². The van der Waals surface area contributed by atoms with E-state index in [-0.39, 0.29) is 5.82 Å². The number of aromatic nitrogens is 1. The van der Waals surface area contributed by atoms with Gasteiger partial charge in [0.25, 0.3) is 5.91 Å². The summed E-state index contributed by atoms with van der Waals surface area (Å²) in [6, 6.07) is 15.7. The van der Waals surface area contributed by atoms with Crippen molar-refractivity contribution in [2.75, 3.05) is 0 Å². The second-order valence-electron chi connectivity index (χ2n) is 6.12. The Morgan fingerprint density at radius 2 is 1.64 bits per heavy atom. The number of rotatable bonds is 5. The zero-order valence-electron chi connectivity index (χ0n) is 15.4. The Balaban J connectivity index is 2.07. The van der Waals surface area contributed by atoms with Gasteiger partial charge in [0.15, 0.2) is 0 Å². The maximum atomic E-state index is 13.1. The van der Waals surface area contributed by atoms with E-state index in [2.05, 4.69) is 17.0 Å². The molecule has 4 nitrogen and oxygen atoms in total. The summed E-state index contributed by atoms with van der Waals surface area (Å²) < 4.78 is 13.1. The molecule has 0 bridgehead atoms. The van der Waals surface area contributed by atoms with Crippen LogP contribution < -0.4 is 11.3 Å². The summed E-state index contributed by atoms with van der Waals surface area (Å²) in [7, 11) is 0. The van der Waals surface area contributed by atoms with Gasteiger partial charge in [-0.3, -0.25) is 10.2 Å². The molecule has 3 aromatic rings. The molecule has 0 aliphatic rings. The number of allylic oxidation sites excluding steroid dienone is 1. The molecule has 0 radical (unpaired) electrons. The van der Waals surface area contributed by atoms with Crippen LogP contribution in [-0.4, -0.2) is 10.9 Å². The Bertz CT molecular complexity index is 1040. The number of hydrogen-bond acceptors (Lipinski definition) is 3. The molecule has 1 heterocycles. The van der Waals surface area contributed by atoms with Crippen LogP contribution in [0.2, 0.25) is 0 Å². The highest BCUT2D eigenvalue weighted by Gasteiger charge is 2.15.